The minimum absolute atomic E-state index is 0.0959. The van der Waals surface area contributed by atoms with Gasteiger partial charge < -0.3 is 9.64 Å². The number of benzene rings is 1. The Bertz CT molecular complexity index is 821. The molecule has 1 atom stereocenters. The SMILES string of the molecule is CCOc1ccccc1C(=O)N1CCC[C@@]2(CCN2Cc2cnc(C)s2)C1. The summed E-state index contributed by atoms with van der Waals surface area (Å²) in [5.41, 5.74) is 0.812. The fourth-order valence-electron chi connectivity index (χ4n) is 4.34. The minimum Gasteiger partial charge on any atom is -0.493 e. The average molecular weight is 386 g/mol. The van der Waals surface area contributed by atoms with E-state index >= 15 is 0 Å². The molecule has 0 saturated carbocycles. The van der Waals surface area contributed by atoms with Gasteiger partial charge in [0, 0.05) is 42.8 Å². The summed E-state index contributed by atoms with van der Waals surface area (Å²) in [4.78, 5) is 23.5. The van der Waals surface area contributed by atoms with E-state index < -0.39 is 0 Å². The first kappa shape index (κ1) is 18.4. The van der Waals surface area contributed by atoms with Gasteiger partial charge in [0.2, 0.25) is 0 Å². The Kier molecular flexibility index (Phi) is 5.19. The van der Waals surface area contributed by atoms with Gasteiger partial charge in [-0.2, -0.15) is 0 Å². The zero-order valence-electron chi connectivity index (χ0n) is 16.1. The maximum atomic E-state index is 13.2. The Balaban J connectivity index is 1.49. The fourth-order valence-corrected chi connectivity index (χ4v) is 5.15. The molecule has 5 nitrogen and oxygen atoms in total. The highest BCUT2D eigenvalue weighted by atomic mass is 32.1. The molecule has 4 rings (SSSR count). The number of aromatic nitrogens is 1. The molecule has 2 fully saturated rings. The largest absolute Gasteiger partial charge is 0.493 e. The lowest BCUT2D eigenvalue weighted by Crippen LogP contribution is -2.66. The summed E-state index contributed by atoms with van der Waals surface area (Å²) < 4.78 is 5.68. The van der Waals surface area contributed by atoms with Crippen LogP contribution in [0.3, 0.4) is 0 Å². The number of rotatable bonds is 5. The van der Waals surface area contributed by atoms with Crippen LogP contribution in [0.5, 0.6) is 5.75 Å². The number of thiazole rings is 1. The number of aryl methyl sites for hydroxylation is 1. The highest BCUT2D eigenvalue weighted by Gasteiger charge is 2.48. The maximum absolute atomic E-state index is 13.2. The maximum Gasteiger partial charge on any atom is 0.257 e. The molecule has 0 N–H and O–H groups in total. The van der Waals surface area contributed by atoms with E-state index in [1.165, 1.54) is 17.7 Å². The van der Waals surface area contributed by atoms with Crippen LogP contribution >= 0.6 is 11.3 Å². The lowest BCUT2D eigenvalue weighted by atomic mass is 9.77. The number of amides is 1. The van der Waals surface area contributed by atoms with Gasteiger partial charge in [0.25, 0.3) is 5.91 Å². The van der Waals surface area contributed by atoms with Crippen LogP contribution in [0.2, 0.25) is 0 Å². The van der Waals surface area contributed by atoms with Crippen molar-refractivity contribution in [1.29, 1.82) is 0 Å². The van der Waals surface area contributed by atoms with Crippen LogP contribution in [-0.2, 0) is 6.54 Å². The van der Waals surface area contributed by atoms with Crippen molar-refractivity contribution in [2.24, 2.45) is 0 Å². The Morgan fingerprint density at radius 3 is 2.85 bits per heavy atom. The molecule has 1 aromatic heterocycles. The first-order chi connectivity index (χ1) is 13.1. The van der Waals surface area contributed by atoms with Crippen LogP contribution < -0.4 is 4.74 Å². The number of carbonyl (C=O) groups is 1. The number of likely N-dealkylation sites (tertiary alicyclic amines) is 2. The number of carbonyl (C=O) groups excluding carboxylic acids is 1. The van der Waals surface area contributed by atoms with E-state index in [0.717, 1.165) is 37.6 Å². The lowest BCUT2D eigenvalue weighted by molar-refractivity contribution is -0.0643. The van der Waals surface area contributed by atoms with Crippen molar-refractivity contribution in [3.05, 3.63) is 45.9 Å². The third-order valence-electron chi connectivity index (χ3n) is 5.79. The van der Waals surface area contributed by atoms with E-state index in [1.807, 2.05) is 42.3 Å². The predicted molar refractivity (Wildman–Crippen MR) is 107 cm³/mol. The molecule has 1 aromatic carbocycles. The standard InChI is InChI=1S/C21H27N3O2S/c1-3-26-19-8-5-4-7-18(19)20(25)23-11-6-9-21(15-23)10-12-24(21)14-17-13-22-16(2)27-17/h4-5,7-8,13H,3,6,9-12,14-15H2,1-2H3/t21-/m1/s1. The second kappa shape index (κ2) is 7.60. The molecular formula is C21H27N3O2S. The van der Waals surface area contributed by atoms with Crippen molar-refractivity contribution in [2.75, 3.05) is 26.2 Å². The molecule has 0 radical (unpaired) electrons. The number of hydrogen-bond acceptors (Lipinski definition) is 5. The molecule has 1 amide bonds. The van der Waals surface area contributed by atoms with E-state index in [4.69, 9.17) is 4.74 Å². The van der Waals surface area contributed by atoms with Crippen LogP contribution in [0.15, 0.2) is 30.5 Å². The highest BCUT2D eigenvalue weighted by Crippen LogP contribution is 2.40. The first-order valence-electron chi connectivity index (χ1n) is 9.79. The second-order valence-electron chi connectivity index (χ2n) is 7.50. The van der Waals surface area contributed by atoms with Crippen molar-refractivity contribution < 1.29 is 9.53 Å². The summed E-state index contributed by atoms with van der Waals surface area (Å²) in [7, 11) is 0. The van der Waals surface area contributed by atoms with Crippen molar-refractivity contribution in [3.8, 4) is 5.75 Å². The lowest BCUT2D eigenvalue weighted by Gasteiger charge is -2.57. The summed E-state index contributed by atoms with van der Waals surface area (Å²) in [5.74, 6) is 0.786. The van der Waals surface area contributed by atoms with Gasteiger partial charge in [0.05, 0.1) is 17.2 Å². The molecule has 0 bridgehead atoms. The zero-order valence-corrected chi connectivity index (χ0v) is 16.9. The van der Waals surface area contributed by atoms with Crippen molar-refractivity contribution in [2.45, 2.75) is 45.2 Å². The third-order valence-corrected chi connectivity index (χ3v) is 6.69. The van der Waals surface area contributed by atoms with Gasteiger partial charge in [0.15, 0.2) is 0 Å². The van der Waals surface area contributed by atoms with E-state index in [0.29, 0.717) is 17.9 Å². The fraction of sp³-hybridized carbons (Fsp3) is 0.524. The Hall–Kier alpha value is -1.92. The summed E-state index contributed by atoms with van der Waals surface area (Å²) in [6.45, 7) is 8.26. The van der Waals surface area contributed by atoms with Gasteiger partial charge in [0.1, 0.15) is 5.75 Å². The van der Waals surface area contributed by atoms with Gasteiger partial charge in [-0.15, -0.1) is 11.3 Å². The molecule has 3 heterocycles. The molecule has 2 aliphatic rings. The Morgan fingerprint density at radius 2 is 2.15 bits per heavy atom. The van der Waals surface area contributed by atoms with Gasteiger partial charge in [-0.05, 0) is 45.2 Å². The van der Waals surface area contributed by atoms with Gasteiger partial charge in [-0.25, -0.2) is 4.98 Å². The molecule has 2 aromatic rings. The van der Waals surface area contributed by atoms with Crippen molar-refractivity contribution in [3.63, 3.8) is 0 Å². The molecule has 144 valence electrons. The number of hydrogen-bond donors (Lipinski definition) is 0. The van der Waals surface area contributed by atoms with E-state index in [-0.39, 0.29) is 11.4 Å². The smallest absolute Gasteiger partial charge is 0.257 e. The molecule has 27 heavy (non-hydrogen) atoms. The van der Waals surface area contributed by atoms with E-state index in [1.54, 1.807) is 11.3 Å². The summed E-state index contributed by atoms with van der Waals surface area (Å²) in [6, 6.07) is 7.60. The van der Waals surface area contributed by atoms with Crippen LogP contribution in [0.1, 0.15) is 46.4 Å². The summed E-state index contributed by atoms with van der Waals surface area (Å²) in [6.07, 6.45) is 5.39. The van der Waals surface area contributed by atoms with Gasteiger partial charge in [-0.3, -0.25) is 9.69 Å². The Labute approximate surface area is 165 Å². The highest BCUT2D eigenvalue weighted by molar-refractivity contribution is 7.11. The normalized spacial score (nSPS) is 22.7. The molecular weight excluding hydrogens is 358 g/mol. The quantitative estimate of drug-likeness (QED) is 0.787. The average Bonchev–Trinajstić information content (AvgIpc) is 3.11. The van der Waals surface area contributed by atoms with Crippen LogP contribution in [-0.4, -0.2) is 52.5 Å². The first-order valence-corrected chi connectivity index (χ1v) is 10.6. The molecule has 0 unspecified atom stereocenters. The van der Waals surface area contributed by atoms with Gasteiger partial charge in [-0.1, -0.05) is 12.1 Å². The number of piperidine rings is 1. The van der Waals surface area contributed by atoms with Gasteiger partial charge >= 0.3 is 0 Å². The number of para-hydroxylation sites is 1. The molecule has 2 saturated heterocycles. The molecule has 2 aliphatic heterocycles. The van der Waals surface area contributed by atoms with Crippen molar-refractivity contribution in [1.82, 2.24) is 14.8 Å². The number of nitrogens with zero attached hydrogens (tertiary/aromatic N) is 3. The van der Waals surface area contributed by atoms with Crippen molar-refractivity contribution >= 4 is 17.2 Å². The summed E-state index contributed by atoms with van der Waals surface area (Å²) in [5, 5.41) is 1.12. The Morgan fingerprint density at radius 1 is 1.30 bits per heavy atom. The molecule has 1 spiro atoms. The van der Waals surface area contributed by atoms with Crippen LogP contribution in [0.25, 0.3) is 0 Å². The monoisotopic (exact) mass is 385 g/mol. The zero-order chi connectivity index (χ0) is 18.9. The predicted octanol–water partition coefficient (Wildman–Crippen LogP) is 3.73. The third kappa shape index (κ3) is 3.60. The van der Waals surface area contributed by atoms with Crippen LogP contribution in [0.4, 0.5) is 0 Å². The minimum atomic E-state index is 0.0959. The number of ether oxygens (including phenoxy) is 1. The second-order valence-corrected chi connectivity index (χ2v) is 8.82. The molecule has 6 heteroatoms. The topological polar surface area (TPSA) is 45.7 Å². The summed E-state index contributed by atoms with van der Waals surface area (Å²) >= 11 is 1.77. The van der Waals surface area contributed by atoms with E-state index in [2.05, 4.69) is 16.8 Å². The van der Waals surface area contributed by atoms with Crippen LogP contribution in [0, 0.1) is 6.92 Å². The van der Waals surface area contributed by atoms with E-state index in [9.17, 15) is 4.79 Å². The molecule has 0 aliphatic carbocycles.